The van der Waals surface area contributed by atoms with Crippen LogP contribution in [0.15, 0.2) is 18.2 Å². The molecule has 1 aliphatic carbocycles. The third-order valence-corrected chi connectivity index (χ3v) is 5.68. The lowest BCUT2D eigenvalue weighted by Crippen LogP contribution is -2.29. The predicted octanol–water partition coefficient (Wildman–Crippen LogP) is 1.60. The Kier molecular flexibility index (Phi) is 5.75. The number of aromatic carboxylic acids is 1. The summed E-state index contributed by atoms with van der Waals surface area (Å²) >= 11 is 0. The first kappa shape index (κ1) is 23.8. The van der Waals surface area contributed by atoms with Gasteiger partial charge in [0.1, 0.15) is 11.3 Å². The number of carbonyl (C=O) groups is 4. The Bertz CT molecular complexity index is 1400. The number of hydrogen-bond acceptors (Lipinski definition) is 8. The summed E-state index contributed by atoms with van der Waals surface area (Å²) in [7, 11) is 0. The fourth-order valence-corrected chi connectivity index (χ4v) is 4.12. The van der Waals surface area contributed by atoms with E-state index in [1.165, 1.54) is 0 Å². The molecule has 0 bridgehead atoms. The lowest BCUT2D eigenvalue weighted by Gasteiger charge is -2.21. The molecule has 12 nitrogen and oxygen atoms in total. The molecule has 1 atom stereocenters. The third kappa shape index (κ3) is 4.42. The zero-order valence-corrected chi connectivity index (χ0v) is 19.6. The van der Waals surface area contributed by atoms with Crippen LogP contribution in [0.3, 0.4) is 0 Å². The first-order valence-electron chi connectivity index (χ1n) is 10.8. The maximum atomic E-state index is 13.0. The van der Waals surface area contributed by atoms with Crippen LogP contribution in [0.25, 0.3) is 5.65 Å². The van der Waals surface area contributed by atoms with Crippen LogP contribution in [0.4, 0.5) is 0 Å². The van der Waals surface area contributed by atoms with Gasteiger partial charge in [-0.2, -0.15) is 4.52 Å². The van der Waals surface area contributed by atoms with Gasteiger partial charge in [0.05, 0.1) is 11.6 Å². The van der Waals surface area contributed by atoms with Crippen LogP contribution in [0, 0.1) is 6.92 Å². The van der Waals surface area contributed by atoms with Gasteiger partial charge in [0, 0.05) is 6.07 Å². The normalized spacial score (nSPS) is 15.0. The predicted molar refractivity (Wildman–Crippen MR) is 121 cm³/mol. The van der Waals surface area contributed by atoms with E-state index in [0.717, 1.165) is 27.3 Å². The monoisotopic (exact) mass is 480 g/mol. The van der Waals surface area contributed by atoms with Gasteiger partial charge in [-0.25, -0.2) is 14.6 Å². The Morgan fingerprint density at radius 1 is 1.23 bits per heavy atom. The summed E-state index contributed by atoms with van der Waals surface area (Å²) < 4.78 is 6.33. The summed E-state index contributed by atoms with van der Waals surface area (Å²) in [5.41, 5.74) is 6.50. The number of ether oxygens (including phenoxy) is 1. The number of nitrogens with one attached hydrogen (secondary N) is 1. The Hall–Kier alpha value is -4.35. The minimum absolute atomic E-state index is 0.227. The van der Waals surface area contributed by atoms with Crippen molar-refractivity contribution in [3.8, 4) is 0 Å². The van der Waals surface area contributed by atoms with Crippen molar-refractivity contribution < 1.29 is 29.0 Å². The number of esters is 1. The molecule has 182 valence electrons. The highest BCUT2D eigenvalue weighted by molar-refractivity contribution is 6.00. The number of carboxylic acid groups (broad SMARTS) is 1. The first-order chi connectivity index (χ1) is 16.4. The first-order valence-corrected chi connectivity index (χ1v) is 10.8. The molecule has 2 aromatic heterocycles. The van der Waals surface area contributed by atoms with Crippen LogP contribution in [-0.4, -0.2) is 54.3 Å². The highest BCUT2D eigenvalue weighted by Crippen LogP contribution is 2.35. The average Bonchev–Trinajstić information content (AvgIpc) is 3.36. The largest absolute Gasteiger partial charge is 0.477 e. The van der Waals surface area contributed by atoms with Crippen molar-refractivity contribution in [2.45, 2.75) is 52.2 Å². The molecule has 12 heteroatoms. The van der Waals surface area contributed by atoms with E-state index in [4.69, 9.17) is 10.5 Å². The van der Waals surface area contributed by atoms with Crippen molar-refractivity contribution in [2.24, 2.45) is 5.73 Å². The van der Waals surface area contributed by atoms with Crippen molar-refractivity contribution in [2.75, 3.05) is 0 Å². The van der Waals surface area contributed by atoms with Gasteiger partial charge in [0.15, 0.2) is 17.0 Å². The van der Waals surface area contributed by atoms with E-state index < -0.39 is 35.0 Å². The molecule has 0 aliphatic heterocycles. The molecule has 4 N–H and O–H groups in total. The molecule has 2 heterocycles. The van der Waals surface area contributed by atoms with Crippen LogP contribution in [-0.2, 0) is 11.2 Å². The molecule has 35 heavy (non-hydrogen) atoms. The Balaban J connectivity index is 1.64. The van der Waals surface area contributed by atoms with Crippen LogP contribution in [0.5, 0.6) is 0 Å². The number of benzene rings is 1. The van der Waals surface area contributed by atoms with E-state index in [1.54, 1.807) is 32.9 Å². The highest BCUT2D eigenvalue weighted by atomic mass is 16.6. The molecule has 0 radical (unpaired) electrons. The molecule has 0 saturated carbocycles. The smallest absolute Gasteiger partial charge is 0.354 e. The average molecular weight is 480 g/mol. The Morgan fingerprint density at radius 3 is 2.57 bits per heavy atom. The third-order valence-electron chi connectivity index (χ3n) is 5.68. The van der Waals surface area contributed by atoms with Crippen molar-refractivity contribution in [3.05, 3.63) is 57.5 Å². The number of nitrogens with two attached hydrogens (primary N) is 1. The molecule has 1 aliphatic rings. The molecule has 4 rings (SSSR count). The van der Waals surface area contributed by atoms with Crippen LogP contribution >= 0.6 is 0 Å². The van der Waals surface area contributed by atoms with E-state index in [-0.39, 0.29) is 23.1 Å². The maximum Gasteiger partial charge on any atom is 0.354 e. The van der Waals surface area contributed by atoms with E-state index in [0.29, 0.717) is 18.4 Å². The highest BCUT2D eigenvalue weighted by Gasteiger charge is 2.30. The fraction of sp³-hybridized carbons (Fsp3) is 0.348. The zero-order chi connectivity index (χ0) is 25.7. The molecular weight excluding hydrogens is 456 g/mol. The summed E-state index contributed by atoms with van der Waals surface area (Å²) in [6, 6.07) is 4.13. The maximum absolute atomic E-state index is 13.0. The fourth-order valence-electron chi connectivity index (χ4n) is 4.12. The Labute approximate surface area is 199 Å². The molecular formula is C23H24N6O6. The van der Waals surface area contributed by atoms with Crippen LogP contribution in [0.1, 0.15) is 91.7 Å². The molecule has 0 spiro atoms. The van der Waals surface area contributed by atoms with E-state index >= 15 is 0 Å². The summed E-state index contributed by atoms with van der Waals surface area (Å²) in [5, 5.41) is 19.6. The van der Waals surface area contributed by atoms with Crippen molar-refractivity contribution in [1.82, 2.24) is 25.1 Å². The van der Waals surface area contributed by atoms with Gasteiger partial charge in [-0.1, -0.05) is 11.3 Å². The van der Waals surface area contributed by atoms with Gasteiger partial charge < -0.3 is 20.9 Å². The van der Waals surface area contributed by atoms with Gasteiger partial charge in [0.25, 0.3) is 11.8 Å². The van der Waals surface area contributed by atoms with Gasteiger partial charge in [-0.05, 0) is 63.3 Å². The van der Waals surface area contributed by atoms with Gasteiger partial charge in [-0.3, -0.25) is 9.59 Å². The lowest BCUT2D eigenvalue weighted by atomic mass is 9.97. The van der Waals surface area contributed by atoms with E-state index in [9.17, 15) is 24.3 Å². The lowest BCUT2D eigenvalue weighted by molar-refractivity contribution is 0.00681. The topological polar surface area (TPSA) is 179 Å². The number of carboxylic acids is 1. The minimum atomic E-state index is -1.39. The standard InChI is InChI=1S/C23H24N6O6/c1-10-11-7-8-14(13(11)6-5-12(10)22(34)35-23(2,3)4)26-20(31)15-9-16(21(32)33)29-19(25-15)17(18(24)30)27-28-29/h5-6,9,14H,7-8H2,1-4H3,(H2,24,30)(H,26,31)(H,32,33)/t14-/m0/s1. The number of carbonyl (C=O) groups excluding carboxylic acids is 3. The molecule has 3 aromatic rings. The summed E-state index contributed by atoms with van der Waals surface area (Å²) in [6.07, 6.45) is 1.21. The second kappa shape index (κ2) is 8.46. The summed E-state index contributed by atoms with van der Waals surface area (Å²) in [5.74, 6) is -3.40. The van der Waals surface area contributed by atoms with Crippen LogP contribution < -0.4 is 11.1 Å². The van der Waals surface area contributed by atoms with Gasteiger partial charge in [0.2, 0.25) is 0 Å². The van der Waals surface area contributed by atoms with Crippen molar-refractivity contribution in [3.63, 3.8) is 0 Å². The zero-order valence-electron chi connectivity index (χ0n) is 19.6. The summed E-state index contributed by atoms with van der Waals surface area (Å²) in [6.45, 7) is 7.24. The summed E-state index contributed by atoms with van der Waals surface area (Å²) in [4.78, 5) is 53.0. The molecule has 0 saturated heterocycles. The van der Waals surface area contributed by atoms with Crippen LogP contribution in [0.2, 0.25) is 0 Å². The minimum Gasteiger partial charge on any atom is -0.477 e. The van der Waals surface area contributed by atoms with Crippen molar-refractivity contribution in [1.29, 1.82) is 0 Å². The van der Waals surface area contributed by atoms with E-state index in [1.807, 2.05) is 6.92 Å². The molecule has 1 aromatic carbocycles. The molecule has 0 unspecified atom stereocenters. The number of hydrogen-bond donors (Lipinski definition) is 3. The number of fused-ring (bicyclic) bond motifs is 2. The van der Waals surface area contributed by atoms with Crippen molar-refractivity contribution >= 4 is 29.4 Å². The Morgan fingerprint density at radius 2 is 1.94 bits per heavy atom. The molecule has 0 fully saturated rings. The van der Waals surface area contributed by atoms with Gasteiger partial charge >= 0.3 is 11.9 Å². The molecule has 2 amide bonds. The SMILES string of the molecule is Cc1c(C(=O)OC(C)(C)C)ccc2c1CC[C@@H]2NC(=O)c1cc(C(=O)O)n2nnc(C(N)=O)c2n1. The number of rotatable bonds is 5. The second-order valence-electron chi connectivity index (χ2n) is 9.24. The van der Waals surface area contributed by atoms with Gasteiger partial charge in [-0.15, -0.1) is 5.10 Å². The number of amides is 2. The number of nitrogens with zero attached hydrogens (tertiary/aromatic N) is 4. The van der Waals surface area contributed by atoms with E-state index in [2.05, 4.69) is 20.6 Å². The number of primary amides is 1. The second-order valence-corrected chi connectivity index (χ2v) is 9.24. The number of aromatic nitrogens is 4. The quantitative estimate of drug-likeness (QED) is 0.457.